The zero-order valence-electron chi connectivity index (χ0n) is 12.2. The number of carbonyl (C=O) groups excluding carboxylic acids is 1. The molecule has 0 bridgehead atoms. The lowest BCUT2D eigenvalue weighted by atomic mass is 10.2. The van der Waals surface area contributed by atoms with Crippen LogP contribution in [0.25, 0.3) is 0 Å². The van der Waals surface area contributed by atoms with Gasteiger partial charge in [-0.1, -0.05) is 0 Å². The summed E-state index contributed by atoms with van der Waals surface area (Å²) < 4.78 is 36.7. The van der Waals surface area contributed by atoms with Crippen molar-refractivity contribution in [3.63, 3.8) is 0 Å². The number of rotatable bonds is 5. The minimum atomic E-state index is -3.72. The molecule has 0 spiro atoms. The van der Waals surface area contributed by atoms with Crippen LogP contribution in [0, 0.1) is 0 Å². The maximum Gasteiger partial charge on any atom is 0.349 e. The van der Waals surface area contributed by atoms with Crippen molar-refractivity contribution in [1.29, 1.82) is 0 Å². The van der Waals surface area contributed by atoms with Gasteiger partial charge in [0.05, 0.1) is 26.4 Å². The highest BCUT2D eigenvalue weighted by molar-refractivity contribution is 7.89. The first-order valence-corrected chi connectivity index (χ1v) is 9.07. The van der Waals surface area contributed by atoms with Crippen molar-refractivity contribution >= 4 is 27.3 Å². The zero-order chi connectivity index (χ0) is 16.4. The molecule has 3 heterocycles. The van der Waals surface area contributed by atoms with Gasteiger partial charge < -0.3 is 9.47 Å². The molecule has 23 heavy (non-hydrogen) atoms. The second-order valence-corrected chi connectivity index (χ2v) is 7.68. The molecule has 9 heteroatoms. The van der Waals surface area contributed by atoms with Crippen LogP contribution in [0.4, 0.5) is 0 Å². The van der Waals surface area contributed by atoms with Gasteiger partial charge >= 0.3 is 5.97 Å². The van der Waals surface area contributed by atoms with Crippen molar-refractivity contribution in [2.75, 3.05) is 20.2 Å². The number of aromatic nitrogens is 1. The van der Waals surface area contributed by atoms with Crippen molar-refractivity contribution in [3.8, 4) is 5.75 Å². The summed E-state index contributed by atoms with van der Waals surface area (Å²) in [6.07, 6.45) is 2.98. The van der Waals surface area contributed by atoms with Gasteiger partial charge in [-0.15, -0.1) is 11.3 Å². The Hall–Kier alpha value is -1.97. The van der Waals surface area contributed by atoms with Crippen LogP contribution in [-0.2, 0) is 14.8 Å². The third-order valence-electron chi connectivity index (χ3n) is 3.37. The van der Waals surface area contributed by atoms with Gasteiger partial charge in [0.2, 0.25) is 10.0 Å². The van der Waals surface area contributed by atoms with Crippen LogP contribution < -0.4 is 4.74 Å². The number of hydrogen-bond donors (Lipinski definition) is 0. The smallest absolute Gasteiger partial charge is 0.349 e. The van der Waals surface area contributed by atoms with Crippen LogP contribution in [0.5, 0.6) is 5.75 Å². The lowest BCUT2D eigenvalue weighted by Crippen LogP contribution is -2.56. The summed E-state index contributed by atoms with van der Waals surface area (Å²) in [6.45, 7) is 0.460. The number of nitrogens with zero attached hydrogens (tertiary/aromatic N) is 2. The van der Waals surface area contributed by atoms with E-state index in [1.807, 2.05) is 0 Å². The number of carbonyl (C=O) groups is 1. The molecular weight excluding hydrogens is 340 g/mol. The molecule has 0 amide bonds. The van der Waals surface area contributed by atoms with Gasteiger partial charge in [0, 0.05) is 6.20 Å². The first-order chi connectivity index (χ1) is 11.0. The quantitative estimate of drug-likeness (QED) is 0.754. The van der Waals surface area contributed by atoms with Gasteiger partial charge in [-0.05, 0) is 23.6 Å². The van der Waals surface area contributed by atoms with Gasteiger partial charge in [-0.3, -0.25) is 4.98 Å². The van der Waals surface area contributed by atoms with E-state index >= 15 is 0 Å². The fourth-order valence-corrected chi connectivity index (χ4v) is 4.97. The van der Waals surface area contributed by atoms with E-state index in [0.717, 1.165) is 11.3 Å². The lowest BCUT2D eigenvalue weighted by Gasteiger charge is -2.37. The molecular formula is C14H14N2O5S2. The van der Waals surface area contributed by atoms with Crippen LogP contribution in [0.15, 0.2) is 40.9 Å². The Bertz CT molecular complexity index is 798. The van der Waals surface area contributed by atoms with E-state index < -0.39 is 16.0 Å². The molecule has 1 aliphatic heterocycles. The number of esters is 1. The number of sulfonamides is 1. The van der Waals surface area contributed by atoms with Crippen molar-refractivity contribution in [2.24, 2.45) is 0 Å². The molecule has 2 aromatic rings. The van der Waals surface area contributed by atoms with E-state index in [0.29, 0.717) is 5.75 Å². The Morgan fingerprint density at radius 2 is 2.17 bits per heavy atom. The first kappa shape index (κ1) is 15.9. The average molecular weight is 354 g/mol. The Labute approximate surface area is 137 Å². The van der Waals surface area contributed by atoms with Crippen molar-refractivity contribution < 1.29 is 22.7 Å². The minimum absolute atomic E-state index is 0.0193. The highest BCUT2D eigenvalue weighted by Crippen LogP contribution is 2.29. The van der Waals surface area contributed by atoms with E-state index in [1.165, 1.54) is 17.5 Å². The second-order valence-electron chi connectivity index (χ2n) is 4.86. The van der Waals surface area contributed by atoms with E-state index in [2.05, 4.69) is 9.72 Å². The van der Waals surface area contributed by atoms with Gasteiger partial charge in [0.25, 0.3) is 0 Å². The zero-order valence-corrected chi connectivity index (χ0v) is 13.8. The molecule has 7 nitrogen and oxygen atoms in total. The summed E-state index contributed by atoms with van der Waals surface area (Å²) in [4.78, 5) is 15.7. The first-order valence-electron chi connectivity index (χ1n) is 6.75. The Balaban J connectivity index is 1.69. The third kappa shape index (κ3) is 3.07. The molecule has 1 fully saturated rings. The van der Waals surface area contributed by atoms with Crippen LogP contribution in [0.2, 0.25) is 0 Å². The topological polar surface area (TPSA) is 85.8 Å². The molecule has 0 N–H and O–H groups in total. The Morgan fingerprint density at radius 1 is 1.39 bits per heavy atom. The van der Waals surface area contributed by atoms with Crippen LogP contribution in [0.3, 0.4) is 0 Å². The molecule has 1 saturated heterocycles. The maximum atomic E-state index is 12.6. The van der Waals surface area contributed by atoms with Gasteiger partial charge in [0.1, 0.15) is 21.6 Å². The summed E-state index contributed by atoms with van der Waals surface area (Å²) in [5.74, 6) is -0.0532. The standard InChI is InChI=1S/C14H14N2O5S2/c1-20-14(17)13-12(4-6-22-13)23(18,19)16-8-11(9-16)21-10-3-2-5-15-7-10/h2-7,11H,8-9H2,1H3. The minimum Gasteiger partial charge on any atom is -0.486 e. The van der Waals surface area contributed by atoms with Crippen molar-refractivity contribution in [1.82, 2.24) is 9.29 Å². The third-order valence-corrected chi connectivity index (χ3v) is 6.27. The number of methoxy groups -OCH3 is 1. The van der Waals surface area contributed by atoms with Gasteiger partial charge in [-0.25, -0.2) is 13.2 Å². The van der Waals surface area contributed by atoms with E-state index in [9.17, 15) is 13.2 Å². The van der Waals surface area contributed by atoms with Crippen LogP contribution in [0.1, 0.15) is 9.67 Å². The van der Waals surface area contributed by atoms with Crippen molar-refractivity contribution in [3.05, 3.63) is 40.8 Å². The summed E-state index contributed by atoms with van der Waals surface area (Å²) in [5.41, 5.74) is 0. The lowest BCUT2D eigenvalue weighted by molar-refractivity contribution is 0.0600. The molecule has 1 aliphatic rings. The van der Waals surface area contributed by atoms with Crippen molar-refractivity contribution in [2.45, 2.75) is 11.0 Å². The summed E-state index contributed by atoms with van der Waals surface area (Å²) in [6, 6.07) is 4.93. The highest BCUT2D eigenvalue weighted by atomic mass is 32.2. The predicted octanol–water partition coefficient (Wildman–Crippen LogP) is 1.38. The highest BCUT2D eigenvalue weighted by Gasteiger charge is 2.40. The molecule has 0 aliphatic carbocycles. The number of hydrogen-bond acceptors (Lipinski definition) is 7. The second kappa shape index (κ2) is 6.26. The van der Waals surface area contributed by atoms with Crippen LogP contribution >= 0.6 is 11.3 Å². The SMILES string of the molecule is COC(=O)c1sccc1S(=O)(=O)N1CC(Oc2cccnc2)C1. The number of pyridine rings is 1. The molecule has 2 aromatic heterocycles. The van der Waals surface area contributed by atoms with E-state index in [4.69, 9.17) is 4.74 Å². The average Bonchev–Trinajstić information content (AvgIpc) is 3.01. The predicted molar refractivity (Wildman–Crippen MR) is 83.1 cm³/mol. The van der Waals surface area contributed by atoms with Gasteiger partial charge in [0.15, 0.2) is 0 Å². The largest absolute Gasteiger partial charge is 0.486 e. The normalized spacial score (nSPS) is 15.9. The molecule has 3 rings (SSSR count). The maximum absolute atomic E-state index is 12.6. The fourth-order valence-electron chi connectivity index (χ4n) is 2.16. The Morgan fingerprint density at radius 3 is 2.83 bits per heavy atom. The number of thiophene rings is 1. The molecule has 0 radical (unpaired) electrons. The van der Waals surface area contributed by atoms with E-state index in [1.54, 1.807) is 29.9 Å². The molecule has 0 saturated carbocycles. The molecule has 0 aromatic carbocycles. The van der Waals surface area contributed by atoms with Crippen LogP contribution in [-0.4, -0.2) is 50.0 Å². The summed E-state index contributed by atoms with van der Waals surface area (Å²) in [5, 5.41) is 1.56. The Kier molecular flexibility index (Phi) is 4.33. The molecule has 0 atom stereocenters. The summed E-state index contributed by atoms with van der Waals surface area (Å²) >= 11 is 1.04. The fraction of sp³-hybridized carbons (Fsp3) is 0.286. The molecule has 0 unspecified atom stereocenters. The van der Waals surface area contributed by atoms with E-state index in [-0.39, 0.29) is 29.0 Å². The van der Waals surface area contributed by atoms with Gasteiger partial charge in [-0.2, -0.15) is 4.31 Å². The summed E-state index contributed by atoms with van der Waals surface area (Å²) in [7, 11) is -2.50. The number of ether oxygens (including phenoxy) is 2. The molecule has 122 valence electrons. The monoisotopic (exact) mass is 354 g/mol.